The molecule has 0 saturated carbocycles. The van der Waals surface area contributed by atoms with Crippen molar-refractivity contribution in [2.45, 2.75) is 0 Å². The van der Waals surface area contributed by atoms with Crippen LogP contribution in [0.5, 0.6) is 0 Å². The maximum atomic E-state index is 13.1. The van der Waals surface area contributed by atoms with E-state index in [1.807, 2.05) is 0 Å². The average Bonchev–Trinajstić information content (AvgIpc) is 2.73. The van der Waals surface area contributed by atoms with Crippen LogP contribution < -0.4 is 5.32 Å². The number of aromatic nitrogens is 2. The predicted octanol–water partition coefficient (Wildman–Crippen LogP) is 3.90. The van der Waals surface area contributed by atoms with Gasteiger partial charge in [-0.2, -0.15) is 4.39 Å². The second-order valence-electron chi connectivity index (χ2n) is 5.51. The molecule has 3 aromatic rings. The summed E-state index contributed by atoms with van der Waals surface area (Å²) in [7, 11) is 2.43. The maximum absolute atomic E-state index is 13.1. The number of carbonyl (C=O) groups excluding carboxylic acids is 2. The van der Waals surface area contributed by atoms with E-state index in [0.29, 0.717) is 0 Å². The Morgan fingerprint density at radius 2 is 1.37 bits per heavy atom. The van der Waals surface area contributed by atoms with Crippen molar-refractivity contribution in [1.82, 2.24) is 9.97 Å². The normalized spacial score (nSPS) is 9.77. The van der Waals surface area contributed by atoms with E-state index in [0.717, 1.165) is 18.2 Å². The quantitative estimate of drug-likeness (QED) is 0.507. The first kappa shape index (κ1) is 22.3. The van der Waals surface area contributed by atoms with E-state index >= 15 is 0 Å². The average molecular weight is 419 g/mol. The number of anilines is 2. The second kappa shape index (κ2) is 10.6. The fourth-order valence-electron chi connectivity index (χ4n) is 2.19. The molecule has 0 aliphatic heterocycles. The standard InChI is InChI=1S/C13H10F2N2O2.C7H6FNO2/c1-19-13(18)11-3-2-4-16-12(11)17-10-6-8(14)5-9(15)7-10;1-11-7(10)5-3-2-4-9-6(5)8/h2-7H,1H3,(H,16,17);2-4H,1H3. The summed E-state index contributed by atoms with van der Waals surface area (Å²) >= 11 is 0. The third kappa shape index (κ3) is 6.03. The van der Waals surface area contributed by atoms with E-state index in [1.165, 1.54) is 44.8 Å². The van der Waals surface area contributed by atoms with Gasteiger partial charge in [-0.25, -0.2) is 28.3 Å². The Kier molecular flexibility index (Phi) is 7.86. The van der Waals surface area contributed by atoms with Crippen molar-refractivity contribution in [3.05, 3.63) is 83.6 Å². The van der Waals surface area contributed by atoms with E-state index in [4.69, 9.17) is 0 Å². The number of halogens is 3. The molecule has 1 N–H and O–H groups in total. The van der Waals surface area contributed by atoms with Gasteiger partial charge in [0.15, 0.2) is 0 Å². The van der Waals surface area contributed by atoms with Gasteiger partial charge in [-0.1, -0.05) is 0 Å². The number of methoxy groups -OCH3 is 2. The fraction of sp³-hybridized carbons (Fsp3) is 0.100. The summed E-state index contributed by atoms with van der Waals surface area (Å²) < 4.78 is 47.6. The molecular weight excluding hydrogens is 403 g/mol. The summed E-state index contributed by atoms with van der Waals surface area (Å²) in [5, 5.41) is 2.68. The molecule has 0 bridgehead atoms. The Balaban J connectivity index is 0.000000248. The van der Waals surface area contributed by atoms with Gasteiger partial charge in [-0.3, -0.25) is 0 Å². The first-order valence-corrected chi connectivity index (χ1v) is 8.31. The molecule has 0 amide bonds. The van der Waals surface area contributed by atoms with Crippen molar-refractivity contribution in [3.8, 4) is 0 Å². The van der Waals surface area contributed by atoms with E-state index in [1.54, 1.807) is 6.07 Å². The molecule has 7 nitrogen and oxygen atoms in total. The Morgan fingerprint density at radius 3 is 1.93 bits per heavy atom. The second-order valence-corrected chi connectivity index (χ2v) is 5.51. The third-order valence-electron chi connectivity index (χ3n) is 3.50. The SMILES string of the molecule is COC(=O)c1cccnc1F.COC(=O)c1cccnc1Nc1cc(F)cc(F)c1. The van der Waals surface area contributed by atoms with Gasteiger partial charge in [-0.05, 0) is 36.4 Å². The topological polar surface area (TPSA) is 90.4 Å². The number of rotatable bonds is 4. The molecule has 2 aromatic heterocycles. The summed E-state index contributed by atoms with van der Waals surface area (Å²) in [6.07, 6.45) is 2.71. The van der Waals surface area contributed by atoms with Crippen LogP contribution in [0.3, 0.4) is 0 Å². The van der Waals surface area contributed by atoms with Crippen molar-refractivity contribution in [2.24, 2.45) is 0 Å². The Labute approximate surface area is 169 Å². The number of esters is 2. The molecular formula is C20H16F3N3O4. The first-order valence-electron chi connectivity index (χ1n) is 8.31. The van der Waals surface area contributed by atoms with Crippen LogP contribution in [0.25, 0.3) is 0 Å². The molecule has 0 radical (unpaired) electrons. The number of pyridine rings is 2. The van der Waals surface area contributed by atoms with Crippen molar-refractivity contribution in [1.29, 1.82) is 0 Å². The number of benzene rings is 1. The molecule has 0 unspecified atom stereocenters. The lowest BCUT2D eigenvalue weighted by Gasteiger charge is -2.09. The van der Waals surface area contributed by atoms with Gasteiger partial charge in [0.2, 0.25) is 5.95 Å². The lowest BCUT2D eigenvalue weighted by molar-refractivity contribution is 0.0588. The molecule has 10 heteroatoms. The maximum Gasteiger partial charge on any atom is 0.342 e. The molecule has 0 spiro atoms. The van der Waals surface area contributed by atoms with E-state index < -0.39 is 29.5 Å². The van der Waals surface area contributed by atoms with Gasteiger partial charge in [0.05, 0.1) is 14.2 Å². The number of nitrogens with zero attached hydrogens (tertiary/aromatic N) is 2. The van der Waals surface area contributed by atoms with Gasteiger partial charge in [0.1, 0.15) is 28.6 Å². The molecule has 30 heavy (non-hydrogen) atoms. The zero-order valence-corrected chi connectivity index (χ0v) is 15.9. The number of ether oxygens (including phenoxy) is 2. The predicted molar refractivity (Wildman–Crippen MR) is 101 cm³/mol. The lowest BCUT2D eigenvalue weighted by atomic mass is 10.2. The van der Waals surface area contributed by atoms with Crippen LogP contribution in [0.2, 0.25) is 0 Å². The molecule has 0 atom stereocenters. The molecule has 2 heterocycles. The zero-order chi connectivity index (χ0) is 22.1. The smallest absolute Gasteiger partial charge is 0.342 e. The minimum Gasteiger partial charge on any atom is -0.465 e. The summed E-state index contributed by atoms with van der Waals surface area (Å²) in [5.74, 6) is -3.39. The zero-order valence-electron chi connectivity index (χ0n) is 15.9. The fourth-order valence-corrected chi connectivity index (χ4v) is 2.19. The summed E-state index contributed by atoms with van der Waals surface area (Å²) in [6, 6.07) is 8.78. The Morgan fingerprint density at radius 1 is 0.833 bits per heavy atom. The van der Waals surface area contributed by atoms with Gasteiger partial charge in [-0.15, -0.1) is 0 Å². The van der Waals surface area contributed by atoms with E-state index in [2.05, 4.69) is 24.8 Å². The highest BCUT2D eigenvalue weighted by molar-refractivity contribution is 5.95. The highest BCUT2D eigenvalue weighted by Crippen LogP contribution is 2.20. The lowest BCUT2D eigenvalue weighted by Crippen LogP contribution is -2.07. The monoisotopic (exact) mass is 419 g/mol. The van der Waals surface area contributed by atoms with Gasteiger partial charge in [0, 0.05) is 24.1 Å². The molecule has 0 aliphatic carbocycles. The van der Waals surface area contributed by atoms with Gasteiger partial charge < -0.3 is 14.8 Å². The van der Waals surface area contributed by atoms with Crippen LogP contribution in [-0.4, -0.2) is 36.1 Å². The van der Waals surface area contributed by atoms with Crippen LogP contribution in [0.4, 0.5) is 24.7 Å². The van der Waals surface area contributed by atoms with Gasteiger partial charge in [0.25, 0.3) is 0 Å². The van der Waals surface area contributed by atoms with Crippen molar-refractivity contribution in [3.63, 3.8) is 0 Å². The molecule has 156 valence electrons. The molecule has 0 fully saturated rings. The number of carbonyl (C=O) groups is 2. The van der Waals surface area contributed by atoms with Gasteiger partial charge >= 0.3 is 11.9 Å². The number of hydrogen-bond acceptors (Lipinski definition) is 7. The van der Waals surface area contributed by atoms with Crippen LogP contribution in [0.1, 0.15) is 20.7 Å². The van der Waals surface area contributed by atoms with Crippen LogP contribution in [0.15, 0.2) is 54.9 Å². The summed E-state index contributed by atoms with van der Waals surface area (Å²) in [6.45, 7) is 0. The highest BCUT2D eigenvalue weighted by atomic mass is 19.1. The minimum atomic E-state index is -0.806. The largest absolute Gasteiger partial charge is 0.465 e. The van der Waals surface area contributed by atoms with Crippen LogP contribution >= 0.6 is 0 Å². The highest BCUT2D eigenvalue weighted by Gasteiger charge is 2.13. The summed E-state index contributed by atoms with van der Waals surface area (Å²) in [5.41, 5.74) is 0.186. The summed E-state index contributed by atoms with van der Waals surface area (Å²) in [4.78, 5) is 29.5. The third-order valence-corrected chi connectivity index (χ3v) is 3.50. The van der Waals surface area contributed by atoms with Crippen molar-refractivity contribution < 1.29 is 32.2 Å². The Hall–Kier alpha value is -3.95. The van der Waals surface area contributed by atoms with Crippen molar-refractivity contribution >= 4 is 23.4 Å². The molecule has 0 saturated heterocycles. The number of hydrogen-bond donors (Lipinski definition) is 1. The molecule has 0 aliphatic rings. The van der Waals surface area contributed by atoms with Crippen LogP contribution in [0, 0.1) is 17.6 Å². The van der Waals surface area contributed by atoms with Crippen LogP contribution in [-0.2, 0) is 9.47 Å². The van der Waals surface area contributed by atoms with Crippen molar-refractivity contribution in [2.75, 3.05) is 19.5 Å². The Bertz CT molecular complexity index is 1030. The first-order chi connectivity index (χ1) is 14.3. The number of nitrogens with one attached hydrogen (secondary N) is 1. The van der Waals surface area contributed by atoms with E-state index in [9.17, 15) is 22.8 Å². The minimum absolute atomic E-state index is 0.144. The molecule has 1 aromatic carbocycles. The van der Waals surface area contributed by atoms with E-state index in [-0.39, 0.29) is 22.6 Å². The molecule has 3 rings (SSSR count).